The van der Waals surface area contributed by atoms with E-state index in [0.29, 0.717) is 18.8 Å². The molecule has 1 heterocycles. The van der Waals surface area contributed by atoms with Crippen LogP contribution in [0.25, 0.3) is 0 Å². The highest BCUT2D eigenvalue weighted by Crippen LogP contribution is 2.16. The summed E-state index contributed by atoms with van der Waals surface area (Å²) in [5, 5.41) is 0. The van der Waals surface area contributed by atoms with Gasteiger partial charge >= 0.3 is 0 Å². The molecule has 3 unspecified atom stereocenters. The number of ether oxygens (including phenoxy) is 2. The van der Waals surface area contributed by atoms with Crippen molar-refractivity contribution in [3.63, 3.8) is 0 Å². The van der Waals surface area contributed by atoms with Gasteiger partial charge < -0.3 is 9.47 Å². The van der Waals surface area contributed by atoms with Crippen LogP contribution in [-0.2, 0) is 14.3 Å². The molecule has 0 saturated carbocycles. The Labute approximate surface area is 60.3 Å². The predicted molar refractivity (Wildman–Crippen MR) is 35.5 cm³/mol. The Hall–Kier alpha value is -0.410. The molecule has 0 aromatic rings. The first kappa shape index (κ1) is 7.69. The first-order valence-electron chi connectivity index (χ1n) is 3.46. The highest BCUT2D eigenvalue weighted by atomic mass is 16.7. The Morgan fingerprint density at radius 3 is 2.70 bits per heavy atom. The van der Waals surface area contributed by atoms with Crippen molar-refractivity contribution < 1.29 is 14.3 Å². The molecule has 0 aromatic heterocycles. The second-order valence-corrected chi connectivity index (χ2v) is 2.66. The number of carbonyl (C=O) groups excluding carboxylic acids is 1. The van der Waals surface area contributed by atoms with Gasteiger partial charge in [0, 0.05) is 5.92 Å². The summed E-state index contributed by atoms with van der Waals surface area (Å²) in [6, 6.07) is 0. The molecule has 0 aliphatic carbocycles. The Balaban J connectivity index is 2.40. The normalized spacial score (nSPS) is 41.2. The molecule has 0 bridgehead atoms. The van der Waals surface area contributed by atoms with Crippen molar-refractivity contribution in [1.29, 1.82) is 0 Å². The van der Waals surface area contributed by atoms with Gasteiger partial charge in [0.15, 0.2) is 6.29 Å². The third-order valence-electron chi connectivity index (χ3n) is 1.78. The fourth-order valence-corrected chi connectivity index (χ4v) is 0.838. The molecular formula is C7H12O3. The fraction of sp³-hybridized carbons (Fsp3) is 0.857. The van der Waals surface area contributed by atoms with E-state index in [2.05, 4.69) is 0 Å². The van der Waals surface area contributed by atoms with E-state index in [1.165, 1.54) is 0 Å². The zero-order valence-corrected chi connectivity index (χ0v) is 6.24. The fourth-order valence-electron chi connectivity index (χ4n) is 0.838. The number of aldehydes is 1. The summed E-state index contributed by atoms with van der Waals surface area (Å²) in [5.41, 5.74) is 0. The average molecular weight is 144 g/mol. The van der Waals surface area contributed by atoms with Crippen molar-refractivity contribution in [2.24, 2.45) is 5.92 Å². The summed E-state index contributed by atoms with van der Waals surface area (Å²) in [4.78, 5) is 10.2. The summed E-state index contributed by atoms with van der Waals surface area (Å²) in [7, 11) is 0. The minimum atomic E-state index is -0.633. The largest absolute Gasteiger partial charge is 0.346 e. The van der Waals surface area contributed by atoms with Crippen LogP contribution in [0.15, 0.2) is 0 Å². The Kier molecular flexibility index (Phi) is 2.40. The van der Waals surface area contributed by atoms with Crippen molar-refractivity contribution in [1.82, 2.24) is 0 Å². The molecule has 1 saturated heterocycles. The van der Waals surface area contributed by atoms with Crippen LogP contribution < -0.4 is 0 Å². The third-order valence-corrected chi connectivity index (χ3v) is 1.78. The van der Waals surface area contributed by atoms with Crippen LogP contribution >= 0.6 is 0 Å². The second-order valence-electron chi connectivity index (χ2n) is 2.66. The monoisotopic (exact) mass is 144 g/mol. The van der Waals surface area contributed by atoms with Crippen LogP contribution in [0.4, 0.5) is 0 Å². The van der Waals surface area contributed by atoms with Crippen LogP contribution in [0, 0.1) is 5.92 Å². The van der Waals surface area contributed by atoms with E-state index in [1.54, 1.807) is 0 Å². The highest BCUT2D eigenvalue weighted by Gasteiger charge is 2.24. The van der Waals surface area contributed by atoms with E-state index in [9.17, 15) is 4.79 Å². The van der Waals surface area contributed by atoms with Crippen molar-refractivity contribution in [2.45, 2.75) is 26.2 Å². The van der Waals surface area contributed by atoms with Gasteiger partial charge in [-0.2, -0.15) is 0 Å². The van der Waals surface area contributed by atoms with E-state index in [1.807, 2.05) is 13.8 Å². The maximum Gasteiger partial charge on any atom is 0.214 e. The van der Waals surface area contributed by atoms with Gasteiger partial charge in [0.05, 0.1) is 12.7 Å². The summed E-state index contributed by atoms with van der Waals surface area (Å²) in [6.07, 6.45) is 0.178. The smallest absolute Gasteiger partial charge is 0.214 e. The highest BCUT2D eigenvalue weighted by molar-refractivity contribution is 5.53. The van der Waals surface area contributed by atoms with E-state index in [0.717, 1.165) is 0 Å². The van der Waals surface area contributed by atoms with Gasteiger partial charge in [-0.25, -0.2) is 0 Å². The lowest BCUT2D eigenvalue weighted by Crippen LogP contribution is -2.37. The number of hydrogen-bond donors (Lipinski definition) is 0. The average Bonchev–Trinajstić information content (AvgIpc) is 1.95. The van der Waals surface area contributed by atoms with E-state index < -0.39 is 6.29 Å². The number of hydrogen-bond acceptors (Lipinski definition) is 3. The molecule has 3 nitrogen and oxygen atoms in total. The Bertz CT molecular complexity index is 124. The molecule has 0 spiro atoms. The van der Waals surface area contributed by atoms with Gasteiger partial charge in [0.25, 0.3) is 0 Å². The predicted octanol–water partition coefficient (Wildman–Crippen LogP) is 0.583. The maximum atomic E-state index is 10.2. The quantitative estimate of drug-likeness (QED) is 0.505. The van der Waals surface area contributed by atoms with Gasteiger partial charge in [-0.1, -0.05) is 6.92 Å². The summed E-state index contributed by atoms with van der Waals surface area (Å²) in [5.74, 6) is 0.385. The lowest BCUT2D eigenvalue weighted by molar-refractivity contribution is -0.215. The maximum absolute atomic E-state index is 10.2. The molecule has 10 heavy (non-hydrogen) atoms. The van der Waals surface area contributed by atoms with Gasteiger partial charge in [-0.3, -0.25) is 4.79 Å². The zero-order valence-electron chi connectivity index (χ0n) is 6.24. The first-order chi connectivity index (χ1) is 4.74. The molecule has 1 aliphatic heterocycles. The van der Waals surface area contributed by atoms with E-state index in [-0.39, 0.29) is 6.10 Å². The van der Waals surface area contributed by atoms with Crippen molar-refractivity contribution in [2.75, 3.05) is 6.61 Å². The second kappa shape index (κ2) is 3.12. The molecule has 1 aliphatic rings. The zero-order chi connectivity index (χ0) is 7.56. The number of carbonyl (C=O) groups is 1. The molecule has 0 radical (unpaired) electrons. The number of rotatable bonds is 1. The molecule has 3 heteroatoms. The standard InChI is InChI=1S/C7H12O3/c1-5-4-9-7(3-8)10-6(5)2/h3,5-7H,4H2,1-2H3. The van der Waals surface area contributed by atoms with Gasteiger partial charge in [-0.05, 0) is 6.92 Å². The van der Waals surface area contributed by atoms with E-state index in [4.69, 9.17) is 9.47 Å². The topological polar surface area (TPSA) is 35.5 Å². The molecule has 1 fully saturated rings. The van der Waals surface area contributed by atoms with Gasteiger partial charge in [0.2, 0.25) is 6.29 Å². The molecule has 3 atom stereocenters. The van der Waals surface area contributed by atoms with Crippen LogP contribution in [0.5, 0.6) is 0 Å². The van der Waals surface area contributed by atoms with Crippen LogP contribution in [-0.4, -0.2) is 25.3 Å². The van der Waals surface area contributed by atoms with Crippen LogP contribution in [0.2, 0.25) is 0 Å². The Morgan fingerprint density at radius 2 is 2.20 bits per heavy atom. The van der Waals surface area contributed by atoms with Crippen molar-refractivity contribution in [3.05, 3.63) is 0 Å². The summed E-state index contributed by atoms with van der Waals surface area (Å²) in [6.45, 7) is 4.60. The van der Waals surface area contributed by atoms with Gasteiger partial charge in [-0.15, -0.1) is 0 Å². The molecule has 0 amide bonds. The van der Waals surface area contributed by atoms with Crippen LogP contribution in [0.1, 0.15) is 13.8 Å². The minimum absolute atomic E-state index is 0.129. The first-order valence-corrected chi connectivity index (χ1v) is 3.46. The summed E-state index contributed by atoms with van der Waals surface area (Å²) >= 11 is 0. The molecule has 0 aromatic carbocycles. The van der Waals surface area contributed by atoms with E-state index >= 15 is 0 Å². The minimum Gasteiger partial charge on any atom is -0.346 e. The van der Waals surface area contributed by atoms with Crippen molar-refractivity contribution >= 4 is 6.29 Å². The van der Waals surface area contributed by atoms with Crippen LogP contribution in [0.3, 0.4) is 0 Å². The summed E-state index contributed by atoms with van der Waals surface area (Å²) < 4.78 is 10.2. The molecule has 58 valence electrons. The van der Waals surface area contributed by atoms with Crippen molar-refractivity contribution in [3.8, 4) is 0 Å². The third kappa shape index (κ3) is 1.55. The SMILES string of the molecule is CC1COC(C=O)OC1C. The molecule has 1 rings (SSSR count). The van der Waals surface area contributed by atoms with Gasteiger partial charge in [0.1, 0.15) is 0 Å². The lowest BCUT2D eigenvalue weighted by Gasteiger charge is -2.29. The lowest BCUT2D eigenvalue weighted by atomic mass is 10.1. The molecule has 0 N–H and O–H groups in total. The molecular weight excluding hydrogens is 132 g/mol. The Morgan fingerprint density at radius 1 is 1.50 bits per heavy atom.